The van der Waals surface area contributed by atoms with Gasteiger partial charge < -0.3 is 30.1 Å². The third-order valence-corrected chi connectivity index (χ3v) is 5.65. The zero-order chi connectivity index (χ0) is 25.2. The van der Waals surface area contributed by atoms with Gasteiger partial charge in [-0.2, -0.15) is 13.2 Å². The number of halogens is 3. The summed E-state index contributed by atoms with van der Waals surface area (Å²) in [5, 5.41) is 15.5. The standard InChI is InChI=1S/C24H25F3N4O4/c1-3-35-23(33)20-21(24(25,26)27)16-13-15(32)5-7-17(16)29-22(20)30-18-6-4-14(12-19(18)34-2)31-10-8-28-9-11-31/h4-7,12-13,28,32H,3,8-11H2,1-2H3,(H,29,30). The van der Waals surface area contributed by atoms with Crippen LogP contribution in [0, 0.1) is 0 Å². The van der Waals surface area contributed by atoms with Crippen molar-refractivity contribution in [3.63, 3.8) is 0 Å². The maximum Gasteiger partial charge on any atom is 0.418 e. The molecule has 35 heavy (non-hydrogen) atoms. The number of phenols is 1. The normalized spacial score (nSPS) is 14.1. The number of esters is 1. The summed E-state index contributed by atoms with van der Waals surface area (Å²) >= 11 is 0. The number of aromatic nitrogens is 1. The Morgan fingerprint density at radius 3 is 2.60 bits per heavy atom. The molecule has 0 bridgehead atoms. The van der Waals surface area contributed by atoms with Crippen molar-refractivity contribution in [2.75, 3.05) is 50.1 Å². The van der Waals surface area contributed by atoms with Gasteiger partial charge in [0.2, 0.25) is 0 Å². The zero-order valence-corrected chi connectivity index (χ0v) is 19.2. The van der Waals surface area contributed by atoms with Crippen LogP contribution in [0.1, 0.15) is 22.8 Å². The van der Waals surface area contributed by atoms with E-state index in [0.717, 1.165) is 37.9 Å². The fraction of sp³-hybridized carbons (Fsp3) is 0.333. The molecule has 0 aliphatic carbocycles. The van der Waals surface area contributed by atoms with Gasteiger partial charge in [-0.1, -0.05) is 0 Å². The molecular formula is C24H25F3N4O4. The Bertz CT molecular complexity index is 1240. The topological polar surface area (TPSA) is 96.0 Å². The summed E-state index contributed by atoms with van der Waals surface area (Å²) in [6.45, 7) is 4.64. The van der Waals surface area contributed by atoms with Crippen LogP contribution >= 0.6 is 0 Å². The van der Waals surface area contributed by atoms with E-state index in [2.05, 4.69) is 20.5 Å². The first-order chi connectivity index (χ1) is 16.7. The molecule has 186 valence electrons. The number of methoxy groups -OCH3 is 1. The van der Waals surface area contributed by atoms with Crippen molar-refractivity contribution in [2.45, 2.75) is 13.1 Å². The van der Waals surface area contributed by atoms with Gasteiger partial charge in [-0.3, -0.25) is 0 Å². The Morgan fingerprint density at radius 2 is 1.94 bits per heavy atom. The van der Waals surface area contributed by atoms with Gasteiger partial charge in [-0.15, -0.1) is 0 Å². The molecule has 1 saturated heterocycles. The first-order valence-corrected chi connectivity index (χ1v) is 11.0. The van der Waals surface area contributed by atoms with Crippen LogP contribution in [-0.2, 0) is 10.9 Å². The van der Waals surface area contributed by atoms with Gasteiger partial charge in [-0.05, 0) is 37.3 Å². The van der Waals surface area contributed by atoms with E-state index in [4.69, 9.17) is 9.47 Å². The number of hydrogen-bond donors (Lipinski definition) is 3. The van der Waals surface area contributed by atoms with E-state index in [1.54, 1.807) is 12.1 Å². The molecule has 0 spiro atoms. The van der Waals surface area contributed by atoms with Crippen LogP contribution in [-0.4, -0.2) is 56.0 Å². The van der Waals surface area contributed by atoms with Crippen molar-refractivity contribution in [1.29, 1.82) is 0 Å². The summed E-state index contributed by atoms with van der Waals surface area (Å²) in [5.41, 5.74) is -0.836. The zero-order valence-electron chi connectivity index (χ0n) is 19.2. The maximum absolute atomic E-state index is 14.3. The van der Waals surface area contributed by atoms with Gasteiger partial charge in [0, 0.05) is 43.3 Å². The lowest BCUT2D eigenvalue weighted by molar-refractivity contribution is -0.136. The van der Waals surface area contributed by atoms with Crippen molar-refractivity contribution in [3.8, 4) is 11.5 Å². The molecule has 3 aromatic rings. The van der Waals surface area contributed by atoms with Gasteiger partial charge in [0.15, 0.2) is 0 Å². The Balaban J connectivity index is 1.86. The maximum atomic E-state index is 14.3. The second-order valence-corrected chi connectivity index (χ2v) is 7.88. The highest BCUT2D eigenvalue weighted by Gasteiger charge is 2.40. The average molecular weight is 490 g/mol. The number of carbonyl (C=O) groups is 1. The van der Waals surface area contributed by atoms with Crippen LogP contribution in [0.2, 0.25) is 0 Å². The number of pyridine rings is 1. The molecule has 8 nitrogen and oxygen atoms in total. The van der Waals surface area contributed by atoms with Crippen molar-refractivity contribution in [3.05, 3.63) is 47.5 Å². The third kappa shape index (κ3) is 5.04. The van der Waals surface area contributed by atoms with Gasteiger partial charge in [0.25, 0.3) is 0 Å². The van der Waals surface area contributed by atoms with Crippen LogP contribution in [0.5, 0.6) is 11.5 Å². The van der Waals surface area contributed by atoms with E-state index < -0.39 is 28.7 Å². The van der Waals surface area contributed by atoms with E-state index in [0.29, 0.717) is 11.4 Å². The van der Waals surface area contributed by atoms with Gasteiger partial charge in [0.1, 0.15) is 22.9 Å². The number of ether oxygens (including phenoxy) is 2. The van der Waals surface area contributed by atoms with E-state index in [-0.39, 0.29) is 23.7 Å². The summed E-state index contributed by atoms with van der Waals surface area (Å²) in [6.07, 6.45) is -4.93. The van der Waals surface area contributed by atoms with Crippen LogP contribution < -0.4 is 20.3 Å². The van der Waals surface area contributed by atoms with Crippen molar-refractivity contribution >= 4 is 34.1 Å². The molecule has 1 aliphatic rings. The fourth-order valence-corrected chi connectivity index (χ4v) is 4.07. The Hall–Kier alpha value is -3.73. The van der Waals surface area contributed by atoms with E-state index in [1.807, 2.05) is 6.07 Å². The van der Waals surface area contributed by atoms with Crippen LogP contribution in [0.4, 0.5) is 30.4 Å². The molecule has 2 heterocycles. The average Bonchev–Trinajstić information content (AvgIpc) is 2.83. The Morgan fingerprint density at radius 1 is 1.20 bits per heavy atom. The smallest absolute Gasteiger partial charge is 0.418 e. The molecule has 1 aromatic heterocycles. The van der Waals surface area contributed by atoms with Gasteiger partial charge >= 0.3 is 12.1 Å². The summed E-state index contributed by atoms with van der Waals surface area (Å²) < 4.78 is 53.2. The Labute approximate surface area is 199 Å². The molecule has 0 radical (unpaired) electrons. The second kappa shape index (κ2) is 9.87. The lowest BCUT2D eigenvalue weighted by Gasteiger charge is -2.30. The Kier molecular flexibility index (Phi) is 6.88. The molecule has 1 fully saturated rings. The van der Waals surface area contributed by atoms with E-state index in [1.165, 1.54) is 26.2 Å². The number of piperazine rings is 1. The summed E-state index contributed by atoms with van der Waals surface area (Å²) in [5.74, 6) is -1.53. The molecule has 0 atom stereocenters. The second-order valence-electron chi connectivity index (χ2n) is 7.88. The highest BCUT2D eigenvalue weighted by atomic mass is 19.4. The number of rotatable bonds is 6. The summed E-state index contributed by atoms with van der Waals surface area (Å²) in [6, 6.07) is 8.68. The summed E-state index contributed by atoms with van der Waals surface area (Å²) in [4.78, 5) is 19.2. The van der Waals surface area contributed by atoms with Gasteiger partial charge in [0.05, 0.1) is 30.5 Å². The number of carbonyl (C=O) groups excluding carboxylic acids is 1. The molecular weight excluding hydrogens is 465 g/mol. The lowest BCUT2D eigenvalue weighted by Crippen LogP contribution is -2.43. The predicted octanol–water partition coefficient (Wildman–Crippen LogP) is 4.30. The quantitative estimate of drug-likeness (QED) is 0.441. The van der Waals surface area contributed by atoms with Crippen molar-refractivity contribution in [2.24, 2.45) is 0 Å². The fourth-order valence-electron chi connectivity index (χ4n) is 4.07. The molecule has 1 aliphatic heterocycles. The molecule has 0 saturated carbocycles. The minimum atomic E-state index is -4.93. The lowest BCUT2D eigenvalue weighted by atomic mass is 10.0. The molecule has 0 unspecified atom stereocenters. The number of anilines is 3. The first-order valence-electron chi connectivity index (χ1n) is 11.0. The monoisotopic (exact) mass is 490 g/mol. The third-order valence-electron chi connectivity index (χ3n) is 5.65. The number of benzene rings is 2. The highest BCUT2D eigenvalue weighted by Crippen LogP contribution is 2.42. The molecule has 0 amide bonds. The van der Waals surface area contributed by atoms with Crippen LogP contribution in [0.25, 0.3) is 10.9 Å². The number of nitrogens with one attached hydrogen (secondary N) is 2. The van der Waals surface area contributed by atoms with E-state index in [9.17, 15) is 23.1 Å². The summed E-state index contributed by atoms with van der Waals surface area (Å²) in [7, 11) is 1.45. The predicted molar refractivity (Wildman–Crippen MR) is 126 cm³/mol. The number of nitrogens with zero attached hydrogens (tertiary/aromatic N) is 2. The highest BCUT2D eigenvalue weighted by molar-refractivity contribution is 6.03. The van der Waals surface area contributed by atoms with E-state index >= 15 is 0 Å². The van der Waals surface area contributed by atoms with Crippen LogP contribution in [0.3, 0.4) is 0 Å². The minimum absolute atomic E-state index is 0.0536. The molecule has 11 heteroatoms. The molecule has 2 aromatic carbocycles. The number of hydrogen-bond acceptors (Lipinski definition) is 8. The minimum Gasteiger partial charge on any atom is -0.508 e. The number of fused-ring (bicyclic) bond motifs is 1. The van der Waals surface area contributed by atoms with Gasteiger partial charge in [-0.25, -0.2) is 9.78 Å². The SMILES string of the molecule is CCOC(=O)c1c(Nc2ccc(N3CCNCC3)cc2OC)nc2ccc(O)cc2c1C(F)(F)F. The number of alkyl halides is 3. The van der Waals surface area contributed by atoms with Crippen molar-refractivity contribution < 1.29 is 32.5 Å². The molecule has 4 rings (SSSR count). The molecule has 3 N–H and O–H groups in total. The van der Waals surface area contributed by atoms with Crippen molar-refractivity contribution in [1.82, 2.24) is 10.3 Å². The van der Waals surface area contributed by atoms with Crippen LogP contribution in [0.15, 0.2) is 36.4 Å². The first kappa shape index (κ1) is 24.4. The number of phenolic OH excluding ortho intramolecular Hbond substituents is 1. The number of aromatic hydroxyl groups is 1. The largest absolute Gasteiger partial charge is 0.508 e.